The van der Waals surface area contributed by atoms with Crippen molar-refractivity contribution in [3.05, 3.63) is 0 Å². The monoisotopic (exact) mass is 249 g/mol. The molecule has 18 heavy (non-hydrogen) atoms. The fourth-order valence-electron chi connectivity index (χ4n) is 3.78. The molecule has 2 unspecified atom stereocenters. The lowest BCUT2D eigenvalue weighted by Gasteiger charge is -2.28. The quantitative estimate of drug-likeness (QED) is 0.814. The van der Waals surface area contributed by atoms with E-state index in [1.54, 1.807) is 0 Å². The molecule has 0 saturated heterocycles. The standard InChI is InChI=1S/C15H27N3/c1-3-17-15(12-16)9-8-14(10-15)18(2)11-13-6-4-5-7-13/h13-14,17H,3-11H2,1-2H3. The first kappa shape index (κ1) is 13.8. The minimum Gasteiger partial charge on any atom is -0.303 e. The van der Waals surface area contributed by atoms with Crippen LogP contribution in [0.3, 0.4) is 0 Å². The highest BCUT2D eigenvalue weighted by atomic mass is 15.1. The topological polar surface area (TPSA) is 39.1 Å². The molecule has 2 aliphatic rings. The van der Waals surface area contributed by atoms with Crippen molar-refractivity contribution in [2.75, 3.05) is 20.1 Å². The van der Waals surface area contributed by atoms with Crippen LogP contribution in [0, 0.1) is 17.2 Å². The van der Waals surface area contributed by atoms with E-state index in [4.69, 9.17) is 0 Å². The van der Waals surface area contributed by atoms with Gasteiger partial charge in [-0.15, -0.1) is 0 Å². The molecule has 2 rings (SSSR count). The number of nitriles is 1. The summed E-state index contributed by atoms with van der Waals surface area (Å²) in [5.74, 6) is 0.909. The van der Waals surface area contributed by atoms with Crippen molar-refractivity contribution in [2.45, 2.75) is 63.5 Å². The Labute approximate surface area is 112 Å². The van der Waals surface area contributed by atoms with Crippen LogP contribution in [0.2, 0.25) is 0 Å². The Balaban J connectivity index is 1.85. The molecular formula is C15H27N3. The summed E-state index contributed by atoms with van der Waals surface area (Å²) in [6, 6.07) is 3.12. The van der Waals surface area contributed by atoms with E-state index < -0.39 is 0 Å². The van der Waals surface area contributed by atoms with Crippen LogP contribution < -0.4 is 5.32 Å². The normalized spacial score (nSPS) is 33.1. The highest BCUT2D eigenvalue weighted by molar-refractivity contribution is 5.13. The Morgan fingerprint density at radius 2 is 2.06 bits per heavy atom. The summed E-state index contributed by atoms with van der Waals surface area (Å²) in [6.45, 7) is 4.22. The maximum absolute atomic E-state index is 9.40. The highest BCUT2D eigenvalue weighted by Gasteiger charge is 2.40. The molecule has 0 aromatic carbocycles. The molecule has 0 spiro atoms. The fourth-order valence-corrected chi connectivity index (χ4v) is 3.78. The molecule has 0 heterocycles. The molecule has 0 amide bonds. The minimum atomic E-state index is -0.247. The van der Waals surface area contributed by atoms with Crippen LogP contribution in [-0.2, 0) is 0 Å². The van der Waals surface area contributed by atoms with Gasteiger partial charge in [-0.2, -0.15) is 5.26 Å². The van der Waals surface area contributed by atoms with Crippen molar-refractivity contribution in [1.29, 1.82) is 5.26 Å². The molecule has 2 aliphatic carbocycles. The van der Waals surface area contributed by atoms with Crippen LogP contribution in [-0.4, -0.2) is 36.6 Å². The fraction of sp³-hybridized carbons (Fsp3) is 0.933. The first-order chi connectivity index (χ1) is 8.69. The first-order valence-electron chi connectivity index (χ1n) is 7.55. The number of nitrogens with zero attached hydrogens (tertiary/aromatic N) is 2. The van der Waals surface area contributed by atoms with Gasteiger partial charge in [0.2, 0.25) is 0 Å². The van der Waals surface area contributed by atoms with E-state index in [0.717, 1.165) is 25.3 Å². The zero-order chi connectivity index (χ0) is 13.0. The molecular weight excluding hydrogens is 222 g/mol. The highest BCUT2D eigenvalue weighted by Crippen LogP contribution is 2.34. The Bertz CT molecular complexity index is 303. The van der Waals surface area contributed by atoms with Crippen molar-refractivity contribution in [2.24, 2.45) is 5.92 Å². The van der Waals surface area contributed by atoms with E-state index in [1.165, 1.54) is 38.6 Å². The SMILES string of the molecule is CCNC1(C#N)CCC(N(C)CC2CCCC2)C1. The van der Waals surface area contributed by atoms with Crippen molar-refractivity contribution >= 4 is 0 Å². The molecule has 2 fully saturated rings. The van der Waals surface area contributed by atoms with Gasteiger partial charge in [0, 0.05) is 12.6 Å². The second kappa shape index (κ2) is 6.04. The van der Waals surface area contributed by atoms with Crippen LogP contribution in [0.1, 0.15) is 51.9 Å². The van der Waals surface area contributed by atoms with E-state index in [1.807, 2.05) is 0 Å². The van der Waals surface area contributed by atoms with Gasteiger partial charge in [-0.3, -0.25) is 5.32 Å². The van der Waals surface area contributed by atoms with Gasteiger partial charge in [0.25, 0.3) is 0 Å². The molecule has 0 aliphatic heterocycles. The number of hydrogen-bond acceptors (Lipinski definition) is 3. The molecule has 0 radical (unpaired) electrons. The second-order valence-electron chi connectivity index (χ2n) is 6.21. The molecule has 0 bridgehead atoms. The molecule has 2 atom stereocenters. The van der Waals surface area contributed by atoms with Crippen molar-refractivity contribution in [3.8, 4) is 6.07 Å². The smallest absolute Gasteiger partial charge is 0.108 e. The average molecular weight is 249 g/mol. The van der Waals surface area contributed by atoms with Gasteiger partial charge in [-0.1, -0.05) is 19.8 Å². The summed E-state index contributed by atoms with van der Waals surface area (Å²) in [6.07, 6.45) is 8.84. The maximum atomic E-state index is 9.40. The van der Waals surface area contributed by atoms with Gasteiger partial charge < -0.3 is 4.90 Å². The summed E-state index contributed by atoms with van der Waals surface area (Å²) in [5, 5.41) is 12.8. The number of rotatable bonds is 5. The van der Waals surface area contributed by atoms with Crippen molar-refractivity contribution in [1.82, 2.24) is 10.2 Å². The first-order valence-corrected chi connectivity index (χ1v) is 7.55. The van der Waals surface area contributed by atoms with Crippen LogP contribution in [0.5, 0.6) is 0 Å². The number of nitrogens with one attached hydrogen (secondary N) is 1. The maximum Gasteiger partial charge on any atom is 0.108 e. The minimum absolute atomic E-state index is 0.247. The van der Waals surface area contributed by atoms with Crippen molar-refractivity contribution in [3.63, 3.8) is 0 Å². The van der Waals surface area contributed by atoms with Gasteiger partial charge in [-0.25, -0.2) is 0 Å². The van der Waals surface area contributed by atoms with E-state index in [9.17, 15) is 5.26 Å². The second-order valence-corrected chi connectivity index (χ2v) is 6.21. The predicted molar refractivity (Wildman–Crippen MR) is 74.2 cm³/mol. The zero-order valence-electron chi connectivity index (χ0n) is 11.9. The number of hydrogen-bond donors (Lipinski definition) is 1. The Morgan fingerprint density at radius 1 is 1.33 bits per heavy atom. The molecule has 102 valence electrons. The summed E-state index contributed by atoms with van der Waals surface area (Å²) in [7, 11) is 2.25. The Kier molecular flexibility index (Phi) is 4.64. The average Bonchev–Trinajstić information content (AvgIpc) is 2.99. The van der Waals surface area contributed by atoms with Crippen LogP contribution in [0.25, 0.3) is 0 Å². The van der Waals surface area contributed by atoms with E-state index in [0.29, 0.717) is 6.04 Å². The van der Waals surface area contributed by atoms with E-state index >= 15 is 0 Å². The van der Waals surface area contributed by atoms with Crippen LogP contribution in [0.15, 0.2) is 0 Å². The van der Waals surface area contributed by atoms with Crippen molar-refractivity contribution < 1.29 is 0 Å². The zero-order valence-corrected chi connectivity index (χ0v) is 11.9. The predicted octanol–water partition coefficient (Wildman–Crippen LogP) is 2.53. The third kappa shape index (κ3) is 3.05. The van der Waals surface area contributed by atoms with Gasteiger partial charge in [0.15, 0.2) is 0 Å². The molecule has 3 nitrogen and oxygen atoms in total. The van der Waals surface area contributed by atoms with Gasteiger partial charge in [0.1, 0.15) is 5.54 Å². The largest absolute Gasteiger partial charge is 0.303 e. The summed E-state index contributed by atoms with van der Waals surface area (Å²) in [5.41, 5.74) is -0.247. The lowest BCUT2D eigenvalue weighted by atomic mass is 9.99. The Morgan fingerprint density at radius 3 is 2.67 bits per heavy atom. The van der Waals surface area contributed by atoms with Gasteiger partial charge in [-0.05, 0) is 51.6 Å². The van der Waals surface area contributed by atoms with E-state index in [-0.39, 0.29) is 5.54 Å². The summed E-state index contributed by atoms with van der Waals surface area (Å²) >= 11 is 0. The van der Waals surface area contributed by atoms with Gasteiger partial charge in [0.05, 0.1) is 6.07 Å². The lowest BCUT2D eigenvalue weighted by molar-refractivity contribution is 0.203. The molecule has 2 saturated carbocycles. The van der Waals surface area contributed by atoms with Crippen LogP contribution in [0.4, 0.5) is 0 Å². The summed E-state index contributed by atoms with van der Waals surface area (Å²) in [4.78, 5) is 2.52. The lowest BCUT2D eigenvalue weighted by Crippen LogP contribution is -2.43. The molecule has 0 aromatic rings. The molecule has 1 N–H and O–H groups in total. The third-order valence-corrected chi connectivity index (χ3v) is 4.86. The van der Waals surface area contributed by atoms with Gasteiger partial charge >= 0.3 is 0 Å². The molecule has 3 heteroatoms. The Hall–Kier alpha value is -0.590. The van der Waals surface area contributed by atoms with E-state index in [2.05, 4.69) is 30.3 Å². The summed E-state index contributed by atoms with van der Waals surface area (Å²) < 4.78 is 0. The molecule has 0 aromatic heterocycles. The van der Waals surface area contributed by atoms with Crippen LogP contribution >= 0.6 is 0 Å². The third-order valence-electron chi connectivity index (χ3n) is 4.86.